The number of benzene rings is 1. The van der Waals surface area contributed by atoms with E-state index in [9.17, 15) is 18.0 Å². The van der Waals surface area contributed by atoms with Crippen LogP contribution in [0.2, 0.25) is 0 Å². The minimum atomic E-state index is -4.77. The van der Waals surface area contributed by atoms with Crippen molar-refractivity contribution < 1.29 is 22.7 Å². The zero-order valence-corrected chi connectivity index (χ0v) is 19.3. The summed E-state index contributed by atoms with van der Waals surface area (Å²) in [6.07, 6.45) is 7.86. The number of carbonyl (C=O) groups is 1. The van der Waals surface area contributed by atoms with Crippen LogP contribution in [0.4, 0.5) is 13.2 Å². The maximum Gasteiger partial charge on any atom is 0.449 e. The lowest BCUT2D eigenvalue weighted by Gasteiger charge is -2.18. The number of halogens is 3. The molecule has 6 heteroatoms. The second-order valence-electron chi connectivity index (χ2n) is 8.36. The molecule has 1 rings (SSSR count). The van der Waals surface area contributed by atoms with Crippen LogP contribution in [0.3, 0.4) is 0 Å². The summed E-state index contributed by atoms with van der Waals surface area (Å²) in [5.41, 5.74) is 0.637. The Morgan fingerprint density at radius 3 is 2.10 bits per heavy atom. The van der Waals surface area contributed by atoms with Gasteiger partial charge in [-0.3, -0.25) is 4.79 Å². The topological polar surface area (TPSA) is 29.5 Å². The number of unbranched alkanes of at least 4 members (excludes halogenated alkanes) is 9. The fraction of sp³-hybridized carbons (Fsp3) is 0.720. The Hall–Kier alpha value is -1.56. The van der Waals surface area contributed by atoms with Crippen molar-refractivity contribution in [3.05, 3.63) is 29.8 Å². The molecule has 0 saturated carbocycles. The summed E-state index contributed by atoms with van der Waals surface area (Å²) in [6, 6.07) is 7.00. The quantitative estimate of drug-likeness (QED) is 0.229. The number of hydrogen-bond donors (Lipinski definition) is 0. The molecule has 0 aromatic heterocycles. The average Bonchev–Trinajstić information content (AvgIpc) is 2.73. The molecular weight excluding hydrogens is 403 g/mol. The van der Waals surface area contributed by atoms with Crippen LogP contribution in [0, 0.1) is 0 Å². The second-order valence-corrected chi connectivity index (χ2v) is 8.36. The molecule has 3 nitrogen and oxygen atoms in total. The molecule has 1 aromatic rings. The molecule has 0 heterocycles. The van der Waals surface area contributed by atoms with Gasteiger partial charge < -0.3 is 9.64 Å². The highest BCUT2D eigenvalue weighted by Gasteiger charge is 2.37. The predicted molar refractivity (Wildman–Crippen MR) is 121 cm³/mol. The first-order valence-corrected chi connectivity index (χ1v) is 11.8. The van der Waals surface area contributed by atoms with Crippen molar-refractivity contribution in [3.63, 3.8) is 0 Å². The minimum Gasteiger partial charge on any atom is -0.492 e. The number of alkyl halides is 3. The van der Waals surface area contributed by atoms with Gasteiger partial charge in [-0.2, -0.15) is 13.2 Å². The van der Waals surface area contributed by atoms with Crippen LogP contribution in [0.15, 0.2) is 24.3 Å². The largest absolute Gasteiger partial charge is 0.492 e. The third-order valence-electron chi connectivity index (χ3n) is 5.53. The Bertz CT molecular complexity index is 605. The minimum absolute atomic E-state index is 0.0307. The van der Waals surface area contributed by atoms with Crippen LogP contribution in [0.1, 0.15) is 83.1 Å². The van der Waals surface area contributed by atoms with Gasteiger partial charge in [-0.15, -0.1) is 0 Å². The molecule has 0 spiro atoms. The van der Waals surface area contributed by atoms with Crippen LogP contribution in [-0.2, 0) is 11.2 Å². The molecule has 0 atom stereocenters. The van der Waals surface area contributed by atoms with Crippen LogP contribution in [-0.4, -0.2) is 43.6 Å². The SMILES string of the molecule is CCCCCCCCCCCCN(C)CCOc1ccccc1CCC(=O)C(F)(F)F. The monoisotopic (exact) mass is 443 g/mol. The Labute approximate surface area is 186 Å². The molecule has 0 radical (unpaired) electrons. The van der Waals surface area contributed by atoms with E-state index in [0.29, 0.717) is 17.9 Å². The molecular formula is C25H40F3NO2. The van der Waals surface area contributed by atoms with Crippen molar-refractivity contribution >= 4 is 5.78 Å². The van der Waals surface area contributed by atoms with E-state index in [-0.39, 0.29) is 6.42 Å². The highest BCUT2D eigenvalue weighted by Crippen LogP contribution is 2.23. The van der Waals surface area contributed by atoms with Gasteiger partial charge in [0.2, 0.25) is 5.78 Å². The highest BCUT2D eigenvalue weighted by atomic mass is 19.4. The fourth-order valence-corrected chi connectivity index (χ4v) is 3.53. The van der Waals surface area contributed by atoms with Crippen LogP contribution in [0.25, 0.3) is 0 Å². The molecule has 0 N–H and O–H groups in total. The summed E-state index contributed by atoms with van der Waals surface area (Å²) in [7, 11) is 2.06. The lowest BCUT2D eigenvalue weighted by Crippen LogP contribution is -2.25. The Kier molecular flexibility index (Phi) is 14.3. The van der Waals surface area contributed by atoms with Crippen LogP contribution < -0.4 is 4.74 Å². The van der Waals surface area contributed by atoms with E-state index in [2.05, 4.69) is 18.9 Å². The number of Topliss-reactive ketones (excluding diaryl/α,β-unsaturated/α-hetero) is 1. The maximum atomic E-state index is 12.4. The molecule has 178 valence electrons. The van der Waals surface area contributed by atoms with E-state index in [4.69, 9.17) is 4.74 Å². The Balaban J connectivity index is 2.15. The van der Waals surface area contributed by atoms with Gasteiger partial charge in [-0.1, -0.05) is 82.9 Å². The summed E-state index contributed by atoms with van der Waals surface area (Å²) in [5, 5.41) is 0. The van der Waals surface area contributed by atoms with Gasteiger partial charge in [0.15, 0.2) is 0 Å². The maximum absolute atomic E-state index is 12.4. The lowest BCUT2D eigenvalue weighted by molar-refractivity contribution is -0.171. The van der Waals surface area contributed by atoms with Gasteiger partial charge in [-0.25, -0.2) is 0 Å². The third kappa shape index (κ3) is 13.5. The summed E-state index contributed by atoms with van der Waals surface area (Å²) >= 11 is 0. The third-order valence-corrected chi connectivity index (χ3v) is 5.53. The van der Waals surface area contributed by atoms with Crippen molar-refractivity contribution in [3.8, 4) is 5.75 Å². The first-order chi connectivity index (χ1) is 14.8. The fourth-order valence-electron chi connectivity index (χ4n) is 3.53. The average molecular weight is 444 g/mol. The van der Waals surface area contributed by atoms with Crippen molar-refractivity contribution in [2.75, 3.05) is 26.7 Å². The van der Waals surface area contributed by atoms with Gasteiger partial charge in [0.25, 0.3) is 0 Å². The highest BCUT2D eigenvalue weighted by molar-refractivity contribution is 5.84. The van der Waals surface area contributed by atoms with Crippen molar-refractivity contribution in [2.45, 2.75) is 90.1 Å². The lowest BCUT2D eigenvalue weighted by atomic mass is 10.1. The van der Waals surface area contributed by atoms with Gasteiger partial charge in [0.1, 0.15) is 12.4 Å². The van der Waals surface area contributed by atoms with Crippen molar-refractivity contribution in [1.82, 2.24) is 4.90 Å². The van der Waals surface area contributed by atoms with Gasteiger partial charge >= 0.3 is 6.18 Å². The van der Waals surface area contributed by atoms with Gasteiger partial charge in [-0.05, 0) is 38.1 Å². The number of ether oxygens (including phenoxy) is 1. The first-order valence-electron chi connectivity index (χ1n) is 11.8. The molecule has 0 bridgehead atoms. The van der Waals surface area contributed by atoms with Crippen molar-refractivity contribution in [2.24, 2.45) is 0 Å². The molecule has 1 aromatic carbocycles. The Morgan fingerprint density at radius 2 is 1.48 bits per heavy atom. The molecule has 0 aliphatic heterocycles. The van der Waals surface area contributed by atoms with E-state index in [0.717, 1.165) is 13.1 Å². The number of para-hydroxylation sites is 1. The Morgan fingerprint density at radius 1 is 0.903 bits per heavy atom. The standard InChI is InChI=1S/C25H40F3NO2/c1-3-4-5-6-7-8-9-10-11-14-19-29(2)20-21-31-23-16-13-12-15-22(23)17-18-24(30)25(26,27)28/h12-13,15-16H,3-11,14,17-21H2,1-2H3. The van der Waals surface area contributed by atoms with Gasteiger partial charge in [0, 0.05) is 13.0 Å². The number of carbonyl (C=O) groups excluding carboxylic acids is 1. The number of ketones is 1. The van der Waals surface area contributed by atoms with E-state index in [1.807, 2.05) is 0 Å². The molecule has 0 aliphatic rings. The van der Waals surface area contributed by atoms with Crippen LogP contribution >= 0.6 is 0 Å². The van der Waals surface area contributed by atoms with Crippen LogP contribution in [0.5, 0.6) is 5.75 Å². The van der Waals surface area contributed by atoms with Crippen molar-refractivity contribution in [1.29, 1.82) is 0 Å². The number of likely N-dealkylation sites (N-methyl/N-ethyl adjacent to an activating group) is 1. The first kappa shape index (κ1) is 27.5. The summed E-state index contributed by atoms with van der Waals surface area (Å²) < 4.78 is 43.0. The van der Waals surface area contributed by atoms with Gasteiger partial charge in [0.05, 0.1) is 0 Å². The van der Waals surface area contributed by atoms with E-state index >= 15 is 0 Å². The second kappa shape index (κ2) is 16.1. The zero-order valence-electron chi connectivity index (χ0n) is 19.3. The molecule has 0 unspecified atom stereocenters. The number of rotatable bonds is 18. The van der Waals surface area contributed by atoms with E-state index in [1.54, 1.807) is 24.3 Å². The van der Waals surface area contributed by atoms with E-state index in [1.165, 1.54) is 64.2 Å². The van der Waals surface area contributed by atoms with E-state index < -0.39 is 18.4 Å². The molecule has 0 aliphatic carbocycles. The number of hydrogen-bond acceptors (Lipinski definition) is 3. The summed E-state index contributed by atoms with van der Waals surface area (Å²) in [5.74, 6) is -1.14. The molecule has 0 saturated heterocycles. The molecule has 0 fully saturated rings. The zero-order chi connectivity index (χ0) is 23.0. The smallest absolute Gasteiger partial charge is 0.449 e. The summed E-state index contributed by atoms with van der Waals surface area (Å²) in [6.45, 7) is 4.49. The summed E-state index contributed by atoms with van der Waals surface area (Å²) in [4.78, 5) is 13.3. The normalized spacial score (nSPS) is 11.8. The molecule has 31 heavy (non-hydrogen) atoms. The number of nitrogens with zero attached hydrogens (tertiary/aromatic N) is 1. The molecule has 0 amide bonds. The number of aryl methyl sites for hydroxylation is 1. The predicted octanol–water partition coefficient (Wildman–Crippen LogP) is 6.98.